The molecule has 0 unspecified atom stereocenters. The van der Waals surface area contributed by atoms with Gasteiger partial charge in [0.2, 0.25) is 0 Å². The van der Waals surface area contributed by atoms with Crippen LogP contribution in [0.3, 0.4) is 0 Å². The lowest BCUT2D eigenvalue weighted by molar-refractivity contribution is -0.139. The first-order valence-electron chi connectivity index (χ1n) is 10.2. The normalized spacial score (nSPS) is 17.8. The van der Waals surface area contributed by atoms with Gasteiger partial charge in [0, 0.05) is 17.1 Å². The molecule has 0 radical (unpaired) electrons. The van der Waals surface area contributed by atoms with Crippen molar-refractivity contribution < 1.29 is 24.2 Å². The molecule has 1 saturated heterocycles. The molecule has 7 nitrogen and oxygen atoms in total. The van der Waals surface area contributed by atoms with Gasteiger partial charge in [-0.25, -0.2) is 0 Å². The molecule has 1 atom stereocenters. The average Bonchev–Trinajstić information content (AvgIpc) is 3.03. The highest BCUT2D eigenvalue weighted by Crippen LogP contribution is 2.41. The zero-order valence-electron chi connectivity index (χ0n) is 18.6. The minimum atomic E-state index is -0.720. The van der Waals surface area contributed by atoms with Crippen molar-refractivity contribution in [2.45, 2.75) is 12.5 Å². The molecule has 1 N–H and O–H groups in total. The van der Waals surface area contributed by atoms with Crippen LogP contribution >= 0.6 is 11.6 Å². The molecule has 0 saturated carbocycles. The van der Waals surface area contributed by atoms with Crippen molar-refractivity contribution in [2.75, 3.05) is 41.4 Å². The number of ether oxygens (including phenoxy) is 2. The van der Waals surface area contributed by atoms with Crippen molar-refractivity contribution in [2.24, 2.45) is 0 Å². The van der Waals surface area contributed by atoms with Crippen molar-refractivity contribution in [3.05, 3.63) is 64.2 Å². The number of ketones is 1. The van der Waals surface area contributed by atoms with E-state index in [1.54, 1.807) is 42.5 Å². The number of aliphatic hydroxyl groups is 1. The molecule has 1 fully saturated rings. The molecule has 170 valence electrons. The Morgan fingerprint density at radius 2 is 1.72 bits per heavy atom. The molecule has 0 bridgehead atoms. The summed E-state index contributed by atoms with van der Waals surface area (Å²) < 4.78 is 10.6. The summed E-state index contributed by atoms with van der Waals surface area (Å²) >= 11 is 6.05. The maximum absolute atomic E-state index is 13.1. The number of rotatable bonds is 8. The Balaban J connectivity index is 2.11. The summed E-state index contributed by atoms with van der Waals surface area (Å²) in [7, 11) is 6.89. The fraction of sp³-hybridized carbons (Fsp3) is 0.333. The lowest BCUT2D eigenvalue weighted by Gasteiger charge is -2.26. The maximum Gasteiger partial charge on any atom is 0.295 e. The standard InChI is InChI=1S/C24H27ClN2O5/c1-26(2)12-5-13-27-21(15-6-9-17(25)10-7-15)20(23(29)24(27)30)22(28)16-8-11-18(31-3)19(14-16)32-4/h6-11,14,21,28H,5,12-13H2,1-4H3/b22-20+/t21-/m0/s1. The van der Waals surface area contributed by atoms with Gasteiger partial charge < -0.3 is 24.4 Å². The molecule has 3 rings (SSSR count). The van der Waals surface area contributed by atoms with E-state index in [9.17, 15) is 14.7 Å². The third-order valence-electron chi connectivity index (χ3n) is 5.39. The van der Waals surface area contributed by atoms with E-state index in [1.807, 2.05) is 19.0 Å². The number of hydrogen-bond acceptors (Lipinski definition) is 6. The first kappa shape index (κ1) is 23.6. The lowest BCUT2D eigenvalue weighted by Crippen LogP contribution is -2.32. The second kappa shape index (κ2) is 10.1. The predicted octanol–water partition coefficient (Wildman–Crippen LogP) is 3.73. The van der Waals surface area contributed by atoms with E-state index in [0.29, 0.717) is 40.6 Å². The molecule has 1 aliphatic rings. The SMILES string of the molecule is COc1ccc(/C(O)=C2\C(=O)C(=O)N(CCCN(C)C)[C@H]2c2ccc(Cl)cc2)cc1OC. The van der Waals surface area contributed by atoms with Gasteiger partial charge in [-0.15, -0.1) is 0 Å². The molecule has 0 aliphatic carbocycles. The second-order valence-corrected chi connectivity index (χ2v) is 8.21. The monoisotopic (exact) mass is 458 g/mol. The van der Waals surface area contributed by atoms with E-state index >= 15 is 0 Å². The highest BCUT2D eigenvalue weighted by Gasteiger charge is 2.45. The largest absolute Gasteiger partial charge is 0.507 e. The summed E-state index contributed by atoms with van der Waals surface area (Å²) in [6, 6.07) is 11.0. The smallest absolute Gasteiger partial charge is 0.295 e. The summed E-state index contributed by atoms with van der Waals surface area (Å²) in [4.78, 5) is 29.5. The summed E-state index contributed by atoms with van der Waals surface area (Å²) in [6.45, 7) is 1.13. The first-order valence-corrected chi connectivity index (χ1v) is 10.6. The van der Waals surface area contributed by atoms with Crippen LogP contribution in [0.2, 0.25) is 5.02 Å². The summed E-state index contributed by atoms with van der Waals surface area (Å²) in [6.07, 6.45) is 0.681. The van der Waals surface area contributed by atoms with Crippen LogP contribution in [-0.4, -0.2) is 68.0 Å². The van der Waals surface area contributed by atoms with E-state index in [1.165, 1.54) is 19.1 Å². The molecular weight excluding hydrogens is 432 g/mol. The molecule has 0 spiro atoms. The average molecular weight is 459 g/mol. The quantitative estimate of drug-likeness (QED) is 0.369. The van der Waals surface area contributed by atoms with E-state index < -0.39 is 17.7 Å². The highest BCUT2D eigenvalue weighted by atomic mass is 35.5. The number of Topliss-reactive ketones (excluding diaryl/α,β-unsaturated/α-hetero) is 1. The van der Waals surface area contributed by atoms with E-state index in [4.69, 9.17) is 21.1 Å². The summed E-state index contributed by atoms with van der Waals surface area (Å²) in [5, 5.41) is 11.7. The molecule has 0 aromatic heterocycles. The van der Waals surface area contributed by atoms with Crippen LogP contribution in [0.5, 0.6) is 11.5 Å². The van der Waals surface area contributed by atoms with Crippen LogP contribution < -0.4 is 9.47 Å². The van der Waals surface area contributed by atoms with Crippen LogP contribution in [0.4, 0.5) is 0 Å². The Morgan fingerprint density at radius 3 is 2.31 bits per heavy atom. The number of aliphatic hydroxyl groups excluding tert-OH is 1. The van der Waals surface area contributed by atoms with Gasteiger partial charge in [-0.05, 0) is 63.0 Å². The van der Waals surface area contributed by atoms with Gasteiger partial charge in [-0.3, -0.25) is 9.59 Å². The van der Waals surface area contributed by atoms with Crippen molar-refractivity contribution >= 4 is 29.1 Å². The van der Waals surface area contributed by atoms with Gasteiger partial charge in [-0.2, -0.15) is 0 Å². The number of hydrogen-bond donors (Lipinski definition) is 1. The molecule has 32 heavy (non-hydrogen) atoms. The molecule has 2 aromatic rings. The molecular formula is C24H27ClN2O5. The Kier molecular flexibility index (Phi) is 7.43. The zero-order valence-corrected chi connectivity index (χ0v) is 19.3. The Bertz CT molecular complexity index is 1030. The fourth-order valence-electron chi connectivity index (χ4n) is 3.80. The number of amides is 1. The molecule has 1 heterocycles. The first-order chi connectivity index (χ1) is 15.3. The van der Waals surface area contributed by atoms with E-state index in [0.717, 1.165) is 6.54 Å². The third kappa shape index (κ3) is 4.74. The van der Waals surface area contributed by atoms with E-state index in [-0.39, 0.29) is 11.3 Å². The predicted molar refractivity (Wildman–Crippen MR) is 123 cm³/mol. The van der Waals surface area contributed by atoms with E-state index in [2.05, 4.69) is 0 Å². The number of benzene rings is 2. The number of likely N-dealkylation sites (tertiary alicyclic amines) is 1. The zero-order chi connectivity index (χ0) is 23.4. The lowest BCUT2D eigenvalue weighted by atomic mass is 9.95. The van der Waals surface area contributed by atoms with Crippen molar-refractivity contribution in [1.82, 2.24) is 9.80 Å². The maximum atomic E-state index is 13.1. The van der Waals surface area contributed by atoms with Gasteiger partial charge in [0.1, 0.15) is 5.76 Å². The number of carbonyl (C=O) groups excluding carboxylic acids is 2. The highest BCUT2D eigenvalue weighted by molar-refractivity contribution is 6.46. The number of carbonyl (C=O) groups is 2. The Labute approximate surface area is 192 Å². The summed E-state index contributed by atoms with van der Waals surface area (Å²) in [5.74, 6) is -0.727. The summed E-state index contributed by atoms with van der Waals surface area (Å²) in [5.41, 5.74) is 1.09. The van der Waals surface area contributed by atoms with Gasteiger partial charge in [0.05, 0.1) is 25.8 Å². The third-order valence-corrected chi connectivity index (χ3v) is 5.64. The van der Waals surface area contributed by atoms with Crippen LogP contribution in [0.25, 0.3) is 5.76 Å². The topological polar surface area (TPSA) is 79.3 Å². The van der Waals surface area contributed by atoms with Crippen molar-refractivity contribution in [1.29, 1.82) is 0 Å². The van der Waals surface area contributed by atoms with Crippen LogP contribution in [0.1, 0.15) is 23.6 Å². The fourth-order valence-corrected chi connectivity index (χ4v) is 3.92. The second-order valence-electron chi connectivity index (χ2n) is 7.77. The van der Waals surface area contributed by atoms with Crippen LogP contribution in [-0.2, 0) is 9.59 Å². The van der Waals surface area contributed by atoms with Gasteiger partial charge in [0.25, 0.3) is 11.7 Å². The Hall–Kier alpha value is -3.03. The number of halogens is 1. The van der Waals surface area contributed by atoms with Crippen LogP contribution in [0.15, 0.2) is 48.0 Å². The van der Waals surface area contributed by atoms with Gasteiger partial charge in [0.15, 0.2) is 11.5 Å². The van der Waals surface area contributed by atoms with Crippen molar-refractivity contribution in [3.63, 3.8) is 0 Å². The number of methoxy groups -OCH3 is 2. The molecule has 2 aromatic carbocycles. The number of nitrogens with zero attached hydrogens (tertiary/aromatic N) is 2. The van der Waals surface area contributed by atoms with Crippen LogP contribution in [0, 0.1) is 0 Å². The Morgan fingerprint density at radius 1 is 1.06 bits per heavy atom. The molecule has 8 heteroatoms. The molecule has 1 aliphatic heterocycles. The minimum absolute atomic E-state index is 0.0365. The van der Waals surface area contributed by atoms with Crippen molar-refractivity contribution in [3.8, 4) is 11.5 Å². The van der Waals surface area contributed by atoms with Gasteiger partial charge >= 0.3 is 0 Å². The van der Waals surface area contributed by atoms with Gasteiger partial charge in [-0.1, -0.05) is 23.7 Å². The molecule has 1 amide bonds. The minimum Gasteiger partial charge on any atom is -0.507 e.